The van der Waals surface area contributed by atoms with E-state index < -0.39 is 17.1 Å². The molecular formula is C18H14ClN3O3. The molecule has 1 aromatic heterocycles. The number of hydrogen-bond acceptors (Lipinski definition) is 4. The first-order valence-electron chi connectivity index (χ1n) is 7.41. The molecule has 0 atom stereocenters. The van der Waals surface area contributed by atoms with Crippen LogP contribution >= 0.6 is 11.6 Å². The van der Waals surface area contributed by atoms with E-state index in [2.05, 4.69) is 9.98 Å². The molecule has 25 heavy (non-hydrogen) atoms. The van der Waals surface area contributed by atoms with E-state index in [-0.39, 0.29) is 5.56 Å². The number of rotatable bonds is 3. The van der Waals surface area contributed by atoms with Crippen LogP contribution in [0.4, 0.5) is 5.69 Å². The molecule has 0 saturated carbocycles. The van der Waals surface area contributed by atoms with Gasteiger partial charge in [-0.15, -0.1) is 0 Å². The van der Waals surface area contributed by atoms with Crippen LogP contribution in [0.1, 0.15) is 11.1 Å². The van der Waals surface area contributed by atoms with Crippen LogP contribution in [0.5, 0.6) is 5.88 Å². The van der Waals surface area contributed by atoms with Gasteiger partial charge in [0.25, 0.3) is 5.56 Å². The van der Waals surface area contributed by atoms with Crippen LogP contribution in [0.25, 0.3) is 5.69 Å². The SMILES string of the molecule is Cc1ccccc1N=Cc1c(O)n(-c2ccc(Cl)cc2)c(=O)[nH]c1=O. The average molecular weight is 356 g/mol. The number of aliphatic imine (C=N–C) groups is 1. The van der Waals surface area contributed by atoms with Crippen LogP contribution in [0.15, 0.2) is 63.1 Å². The molecule has 0 amide bonds. The first-order valence-corrected chi connectivity index (χ1v) is 7.79. The molecule has 0 spiro atoms. The summed E-state index contributed by atoms with van der Waals surface area (Å²) in [5.41, 5.74) is 0.362. The van der Waals surface area contributed by atoms with Crippen molar-refractivity contribution in [2.75, 3.05) is 0 Å². The highest BCUT2D eigenvalue weighted by molar-refractivity contribution is 6.30. The summed E-state index contributed by atoms with van der Waals surface area (Å²) >= 11 is 5.84. The molecule has 7 heteroatoms. The van der Waals surface area contributed by atoms with Crippen molar-refractivity contribution >= 4 is 23.5 Å². The smallest absolute Gasteiger partial charge is 0.335 e. The Morgan fingerprint density at radius 1 is 1.12 bits per heavy atom. The summed E-state index contributed by atoms with van der Waals surface area (Å²) in [7, 11) is 0. The minimum atomic E-state index is -0.752. The Labute approximate surface area is 147 Å². The van der Waals surface area contributed by atoms with Gasteiger partial charge in [0, 0.05) is 11.2 Å². The van der Waals surface area contributed by atoms with E-state index in [1.165, 1.54) is 6.21 Å². The summed E-state index contributed by atoms with van der Waals surface area (Å²) in [5, 5.41) is 10.9. The van der Waals surface area contributed by atoms with Gasteiger partial charge in [-0.25, -0.2) is 9.36 Å². The molecule has 0 aliphatic heterocycles. The third-order valence-corrected chi connectivity index (χ3v) is 3.91. The fraction of sp³-hybridized carbons (Fsp3) is 0.0556. The van der Waals surface area contributed by atoms with Gasteiger partial charge in [-0.3, -0.25) is 14.8 Å². The third kappa shape index (κ3) is 3.39. The van der Waals surface area contributed by atoms with E-state index in [4.69, 9.17) is 11.6 Å². The Bertz CT molecular complexity index is 1070. The fourth-order valence-corrected chi connectivity index (χ4v) is 2.45. The second-order valence-electron chi connectivity index (χ2n) is 5.35. The minimum Gasteiger partial charge on any atom is -0.493 e. The highest BCUT2D eigenvalue weighted by Gasteiger charge is 2.14. The standard InChI is InChI=1S/C18H14ClN3O3/c1-11-4-2-3-5-15(11)20-10-14-16(23)21-18(25)22(17(14)24)13-8-6-12(19)7-9-13/h2-10,24H,1H3,(H,21,23,25). The van der Waals surface area contributed by atoms with Gasteiger partial charge in [0.15, 0.2) is 0 Å². The molecule has 0 radical (unpaired) electrons. The van der Waals surface area contributed by atoms with Crippen molar-refractivity contribution in [1.29, 1.82) is 0 Å². The predicted molar refractivity (Wildman–Crippen MR) is 97.8 cm³/mol. The monoisotopic (exact) mass is 355 g/mol. The van der Waals surface area contributed by atoms with Crippen molar-refractivity contribution in [1.82, 2.24) is 9.55 Å². The molecular weight excluding hydrogens is 342 g/mol. The Kier molecular flexibility index (Phi) is 4.54. The molecule has 0 aliphatic rings. The van der Waals surface area contributed by atoms with Crippen molar-refractivity contribution in [3.05, 3.63) is 85.5 Å². The largest absolute Gasteiger partial charge is 0.493 e. The van der Waals surface area contributed by atoms with Gasteiger partial charge in [-0.1, -0.05) is 29.8 Å². The molecule has 0 saturated heterocycles. The molecule has 6 nitrogen and oxygen atoms in total. The molecule has 3 aromatic rings. The number of nitrogens with one attached hydrogen (secondary N) is 1. The van der Waals surface area contributed by atoms with Crippen LogP contribution in [-0.4, -0.2) is 20.9 Å². The van der Waals surface area contributed by atoms with Crippen molar-refractivity contribution in [3.8, 4) is 11.6 Å². The molecule has 3 rings (SSSR count). The van der Waals surface area contributed by atoms with E-state index in [1.807, 2.05) is 25.1 Å². The maximum atomic E-state index is 12.1. The van der Waals surface area contributed by atoms with Crippen molar-refractivity contribution < 1.29 is 5.11 Å². The normalized spacial score (nSPS) is 11.1. The lowest BCUT2D eigenvalue weighted by atomic mass is 10.2. The Balaban J connectivity index is 2.14. The summed E-state index contributed by atoms with van der Waals surface area (Å²) in [6.07, 6.45) is 1.24. The minimum absolute atomic E-state index is 0.113. The van der Waals surface area contributed by atoms with E-state index in [9.17, 15) is 14.7 Å². The van der Waals surface area contributed by atoms with Crippen molar-refractivity contribution in [2.45, 2.75) is 6.92 Å². The van der Waals surface area contributed by atoms with Crippen molar-refractivity contribution in [3.63, 3.8) is 0 Å². The third-order valence-electron chi connectivity index (χ3n) is 3.65. The number of aromatic amines is 1. The van der Waals surface area contributed by atoms with Crippen molar-refractivity contribution in [2.24, 2.45) is 4.99 Å². The lowest BCUT2D eigenvalue weighted by molar-refractivity contribution is 0.430. The van der Waals surface area contributed by atoms with E-state index in [0.717, 1.165) is 10.1 Å². The number of nitrogens with zero attached hydrogens (tertiary/aromatic N) is 2. The summed E-state index contributed by atoms with van der Waals surface area (Å²) in [6.45, 7) is 1.88. The predicted octanol–water partition coefficient (Wildman–Crippen LogP) is 2.94. The molecule has 2 aromatic carbocycles. The van der Waals surface area contributed by atoms with Gasteiger partial charge in [0.2, 0.25) is 5.88 Å². The molecule has 1 heterocycles. The van der Waals surface area contributed by atoms with Crippen LogP contribution < -0.4 is 11.2 Å². The zero-order valence-electron chi connectivity index (χ0n) is 13.2. The molecule has 0 unspecified atom stereocenters. The number of aryl methyl sites for hydroxylation is 1. The summed E-state index contributed by atoms with van der Waals surface area (Å²) in [6, 6.07) is 13.6. The first kappa shape index (κ1) is 16.7. The fourth-order valence-electron chi connectivity index (χ4n) is 2.33. The van der Waals surface area contributed by atoms with Gasteiger partial charge in [0.1, 0.15) is 5.56 Å². The van der Waals surface area contributed by atoms with E-state index in [1.54, 1.807) is 30.3 Å². The quantitative estimate of drug-likeness (QED) is 0.708. The number of aromatic hydroxyl groups is 1. The number of benzene rings is 2. The molecule has 0 bridgehead atoms. The van der Waals surface area contributed by atoms with Crippen LogP contribution in [0.2, 0.25) is 5.02 Å². The van der Waals surface area contributed by atoms with Crippen LogP contribution in [0, 0.1) is 6.92 Å². The number of para-hydroxylation sites is 1. The van der Waals surface area contributed by atoms with Gasteiger partial charge in [-0.2, -0.15) is 0 Å². The Morgan fingerprint density at radius 3 is 2.48 bits per heavy atom. The second-order valence-corrected chi connectivity index (χ2v) is 5.79. The Hall–Kier alpha value is -3.12. The molecule has 0 fully saturated rings. The summed E-state index contributed by atoms with van der Waals surface area (Å²) < 4.78 is 0.983. The number of H-pyrrole nitrogens is 1. The zero-order chi connectivity index (χ0) is 18.0. The Morgan fingerprint density at radius 2 is 1.80 bits per heavy atom. The first-order chi connectivity index (χ1) is 12.0. The molecule has 126 valence electrons. The van der Waals surface area contributed by atoms with E-state index >= 15 is 0 Å². The summed E-state index contributed by atoms with van der Waals surface area (Å²) in [5.74, 6) is -0.492. The van der Waals surface area contributed by atoms with Gasteiger partial charge in [-0.05, 0) is 42.8 Å². The maximum absolute atomic E-state index is 12.1. The number of aromatic nitrogens is 2. The van der Waals surface area contributed by atoms with Crippen LogP contribution in [0.3, 0.4) is 0 Å². The zero-order valence-corrected chi connectivity index (χ0v) is 14.0. The summed E-state index contributed by atoms with van der Waals surface area (Å²) in [4.78, 5) is 30.6. The number of halogens is 1. The molecule has 2 N–H and O–H groups in total. The van der Waals surface area contributed by atoms with E-state index in [0.29, 0.717) is 16.4 Å². The molecule has 0 aliphatic carbocycles. The average Bonchev–Trinajstić information content (AvgIpc) is 2.57. The van der Waals surface area contributed by atoms with Gasteiger partial charge >= 0.3 is 5.69 Å². The lowest BCUT2D eigenvalue weighted by Crippen LogP contribution is -2.31. The van der Waals surface area contributed by atoms with Crippen LogP contribution in [-0.2, 0) is 0 Å². The highest BCUT2D eigenvalue weighted by Crippen LogP contribution is 2.20. The van der Waals surface area contributed by atoms with Gasteiger partial charge in [0.05, 0.1) is 11.4 Å². The highest BCUT2D eigenvalue weighted by atomic mass is 35.5. The lowest BCUT2D eigenvalue weighted by Gasteiger charge is -2.09. The van der Waals surface area contributed by atoms with Gasteiger partial charge < -0.3 is 5.11 Å². The topological polar surface area (TPSA) is 87.4 Å². The number of hydrogen-bond donors (Lipinski definition) is 2. The second kappa shape index (κ2) is 6.78. The maximum Gasteiger partial charge on any atom is 0.335 e.